The van der Waals surface area contributed by atoms with Crippen molar-refractivity contribution in [2.45, 2.75) is 30.3 Å². The molecular formula is C12H16N2O5S. The fourth-order valence-corrected chi connectivity index (χ4v) is 3.77. The molecule has 0 unspecified atom stereocenters. The quantitative estimate of drug-likeness (QED) is 0.666. The number of nitro groups is 1. The highest BCUT2D eigenvalue weighted by Gasteiger charge is 2.36. The van der Waals surface area contributed by atoms with Crippen molar-refractivity contribution in [3.05, 3.63) is 34.4 Å². The number of nitro benzene ring substituents is 1. The van der Waals surface area contributed by atoms with Gasteiger partial charge in [0.2, 0.25) is 10.0 Å². The molecule has 0 saturated carbocycles. The van der Waals surface area contributed by atoms with Crippen LogP contribution in [0.4, 0.5) is 5.69 Å². The Morgan fingerprint density at radius 1 is 1.30 bits per heavy atom. The van der Waals surface area contributed by atoms with Gasteiger partial charge in [0.05, 0.1) is 10.5 Å². The summed E-state index contributed by atoms with van der Waals surface area (Å²) in [6, 6.07) is 5.30. The molecule has 110 valence electrons. The van der Waals surface area contributed by atoms with Gasteiger partial charge in [-0.15, -0.1) is 0 Å². The molecule has 0 atom stereocenters. The van der Waals surface area contributed by atoms with E-state index in [1.807, 2.05) is 0 Å². The number of hydrogen-bond donors (Lipinski definition) is 1. The van der Waals surface area contributed by atoms with E-state index < -0.39 is 26.2 Å². The number of piperidine rings is 1. The zero-order valence-electron chi connectivity index (χ0n) is 11.0. The summed E-state index contributed by atoms with van der Waals surface area (Å²) in [7, 11) is -3.91. The maximum Gasteiger partial charge on any atom is 0.289 e. The Bertz CT molecular complexity index is 616. The molecule has 0 spiro atoms. The molecule has 1 saturated heterocycles. The summed E-state index contributed by atoms with van der Waals surface area (Å²) in [4.78, 5) is 9.94. The van der Waals surface area contributed by atoms with E-state index in [0.29, 0.717) is 12.8 Å². The van der Waals surface area contributed by atoms with E-state index in [0.717, 1.165) is 0 Å². The van der Waals surface area contributed by atoms with Crippen LogP contribution in [-0.4, -0.2) is 41.4 Å². The van der Waals surface area contributed by atoms with E-state index in [2.05, 4.69) is 0 Å². The van der Waals surface area contributed by atoms with Crippen LogP contribution in [0.25, 0.3) is 0 Å². The molecule has 1 aliphatic rings. The number of para-hydroxylation sites is 1. The lowest BCUT2D eigenvalue weighted by Crippen LogP contribution is -2.45. The Morgan fingerprint density at radius 2 is 1.85 bits per heavy atom. The molecule has 1 N–H and O–H groups in total. The van der Waals surface area contributed by atoms with Crippen molar-refractivity contribution in [1.29, 1.82) is 0 Å². The maximum atomic E-state index is 12.5. The number of nitrogens with zero attached hydrogens (tertiary/aromatic N) is 2. The lowest BCUT2D eigenvalue weighted by atomic mass is 9.95. The largest absolute Gasteiger partial charge is 0.390 e. The van der Waals surface area contributed by atoms with Gasteiger partial charge in [-0.25, -0.2) is 8.42 Å². The van der Waals surface area contributed by atoms with Gasteiger partial charge in [-0.05, 0) is 25.8 Å². The summed E-state index contributed by atoms with van der Waals surface area (Å²) < 4.78 is 26.1. The first-order valence-corrected chi connectivity index (χ1v) is 7.64. The van der Waals surface area contributed by atoms with Crippen molar-refractivity contribution in [3.8, 4) is 0 Å². The molecule has 0 aromatic heterocycles. The average Bonchev–Trinajstić information content (AvgIpc) is 2.38. The Morgan fingerprint density at radius 3 is 2.40 bits per heavy atom. The third kappa shape index (κ3) is 2.82. The molecule has 8 heteroatoms. The van der Waals surface area contributed by atoms with Crippen LogP contribution in [0.3, 0.4) is 0 Å². The first-order valence-electron chi connectivity index (χ1n) is 6.20. The van der Waals surface area contributed by atoms with Crippen LogP contribution in [0.2, 0.25) is 0 Å². The fraction of sp³-hybridized carbons (Fsp3) is 0.500. The summed E-state index contributed by atoms with van der Waals surface area (Å²) in [6.45, 7) is 1.96. The van der Waals surface area contributed by atoms with Crippen molar-refractivity contribution in [1.82, 2.24) is 4.31 Å². The third-order valence-electron chi connectivity index (χ3n) is 3.48. The van der Waals surface area contributed by atoms with E-state index in [-0.39, 0.29) is 18.0 Å². The van der Waals surface area contributed by atoms with E-state index in [4.69, 9.17) is 0 Å². The van der Waals surface area contributed by atoms with Crippen LogP contribution in [-0.2, 0) is 10.0 Å². The van der Waals surface area contributed by atoms with Crippen molar-refractivity contribution in [2.75, 3.05) is 13.1 Å². The first-order chi connectivity index (χ1) is 9.24. The first kappa shape index (κ1) is 14.9. The summed E-state index contributed by atoms with van der Waals surface area (Å²) in [5, 5.41) is 20.8. The van der Waals surface area contributed by atoms with Crippen molar-refractivity contribution in [2.24, 2.45) is 0 Å². The molecule has 20 heavy (non-hydrogen) atoms. The maximum absolute atomic E-state index is 12.5. The van der Waals surface area contributed by atoms with Crippen molar-refractivity contribution >= 4 is 15.7 Å². The Labute approximate surface area is 117 Å². The van der Waals surface area contributed by atoms with Crippen LogP contribution in [0, 0.1) is 10.1 Å². The van der Waals surface area contributed by atoms with Gasteiger partial charge in [-0.1, -0.05) is 12.1 Å². The summed E-state index contributed by atoms with van der Waals surface area (Å²) in [5.41, 5.74) is -1.31. The summed E-state index contributed by atoms with van der Waals surface area (Å²) >= 11 is 0. The van der Waals surface area contributed by atoms with Crippen LogP contribution in [0.1, 0.15) is 19.8 Å². The van der Waals surface area contributed by atoms with Gasteiger partial charge >= 0.3 is 0 Å². The van der Waals surface area contributed by atoms with E-state index in [1.165, 1.54) is 28.6 Å². The van der Waals surface area contributed by atoms with E-state index in [9.17, 15) is 23.6 Å². The van der Waals surface area contributed by atoms with E-state index >= 15 is 0 Å². The molecule has 0 bridgehead atoms. The second-order valence-corrected chi connectivity index (χ2v) is 7.03. The van der Waals surface area contributed by atoms with Gasteiger partial charge < -0.3 is 5.11 Å². The zero-order valence-corrected chi connectivity index (χ0v) is 11.8. The summed E-state index contributed by atoms with van der Waals surface area (Å²) in [5.74, 6) is 0. The minimum atomic E-state index is -3.91. The smallest absolute Gasteiger partial charge is 0.289 e. The molecule has 7 nitrogen and oxygen atoms in total. The monoisotopic (exact) mass is 300 g/mol. The lowest BCUT2D eigenvalue weighted by molar-refractivity contribution is -0.387. The topological polar surface area (TPSA) is 101 Å². The predicted octanol–water partition coefficient (Wildman–Crippen LogP) is 1.13. The normalized spacial score (nSPS) is 19.7. The van der Waals surface area contributed by atoms with Crippen molar-refractivity contribution < 1.29 is 18.4 Å². The molecule has 1 heterocycles. The Kier molecular flexibility index (Phi) is 3.81. The highest BCUT2D eigenvalue weighted by Crippen LogP contribution is 2.30. The van der Waals surface area contributed by atoms with E-state index in [1.54, 1.807) is 6.92 Å². The van der Waals surface area contributed by atoms with Gasteiger partial charge in [0, 0.05) is 19.2 Å². The Balaban J connectivity index is 2.35. The van der Waals surface area contributed by atoms with Gasteiger partial charge in [0.1, 0.15) is 0 Å². The third-order valence-corrected chi connectivity index (χ3v) is 5.43. The van der Waals surface area contributed by atoms with Crippen molar-refractivity contribution in [3.63, 3.8) is 0 Å². The highest BCUT2D eigenvalue weighted by atomic mass is 32.2. The molecule has 0 aliphatic carbocycles. The van der Waals surface area contributed by atoms with Gasteiger partial charge in [-0.2, -0.15) is 4.31 Å². The number of sulfonamides is 1. The molecule has 1 aliphatic heterocycles. The highest BCUT2D eigenvalue weighted by molar-refractivity contribution is 7.89. The second-order valence-electron chi connectivity index (χ2n) is 5.13. The Hall–Kier alpha value is -1.51. The van der Waals surface area contributed by atoms with Gasteiger partial charge in [-0.3, -0.25) is 10.1 Å². The fourth-order valence-electron chi connectivity index (χ4n) is 2.17. The van der Waals surface area contributed by atoms with Gasteiger partial charge in [0.15, 0.2) is 4.90 Å². The van der Waals surface area contributed by atoms with Gasteiger partial charge in [0.25, 0.3) is 5.69 Å². The molecule has 0 radical (unpaired) electrons. The summed E-state index contributed by atoms with van der Waals surface area (Å²) in [6.07, 6.45) is 0.625. The molecule has 2 rings (SSSR count). The minimum Gasteiger partial charge on any atom is -0.390 e. The van der Waals surface area contributed by atoms with Crippen LogP contribution in [0.15, 0.2) is 29.2 Å². The molecular weight excluding hydrogens is 284 g/mol. The van der Waals surface area contributed by atoms with Crippen LogP contribution in [0.5, 0.6) is 0 Å². The zero-order chi connectivity index (χ0) is 15.0. The molecule has 1 aromatic rings. The molecule has 1 aromatic carbocycles. The SMILES string of the molecule is CC1(O)CCN(S(=O)(=O)c2ccccc2[N+](=O)[O-])CC1. The minimum absolute atomic E-state index is 0.154. The number of benzene rings is 1. The lowest BCUT2D eigenvalue weighted by Gasteiger charge is -2.34. The number of aliphatic hydroxyl groups is 1. The second kappa shape index (κ2) is 5.12. The predicted molar refractivity (Wildman–Crippen MR) is 71.7 cm³/mol. The average molecular weight is 300 g/mol. The van der Waals surface area contributed by atoms with Crippen LogP contribution < -0.4 is 0 Å². The number of hydrogen-bond acceptors (Lipinski definition) is 5. The standard InChI is InChI=1S/C12H16N2O5S/c1-12(15)6-8-13(9-7-12)20(18,19)11-5-3-2-4-10(11)14(16)17/h2-5,15H,6-9H2,1H3. The number of rotatable bonds is 3. The van der Waals surface area contributed by atoms with Crippen LogP contribution >= 0.6 is 0 Å². The molecule has 0 amide bonds. The molecule has 1 fully saturated rings.